The average molecular weight is 301 g/mol. The Morgan fingerprint density at radius 3 is 2.36 bits per heavy atom. The number of hydrogen-bond acceptors (Lipinski definition) is 1. The lowest BCUT2D eigenvalue weighted by atomic mass is 10.1. The maximum atomic E-state index is 11.0. The molecule has 0 fully saturated rings. The van der Waals surface area contributed by atoms with E-state index in [2.05, 4.69) is 18.0 Å². The van der Waals surface area contributed by atoms with E-state index in [0.29, 0.717) is 5.56 Å². The first kappa shape index (κ1) is 16.6. The van der Waals surface area contributed by atoms with Crippen molar-refractivity contribution in [1.82, 2.24) is 4.98 Å². The van der Waals surface area contributed by atoms with Crippen LogP contribution in [0, 0.1) is 0 Å². The number of carboxylic acids is 1. The van der Waals surface area contributed by atoms with Crippen molar-refractivity contribution in [2.75, 3.05) is 0 Å². The van der Waals surface area contributed by atoms with E-state index in [0.717, 1.165) is 17.3 Å². The summed E-state index contributed by atoms with van der Waals surface area (Å²) in [4.78, 5) is 14.3. The fourth-order valence-electron chi connectivity index (χ4n) is 2.90. The molecule has 0 aliphatic rings. The van der Waals surface area contributed by atoms with Crippen LogP contribution >= 0.6 is 0 Å². The summed E-state index contributed by atoms with van der Waals surface area (Å²) in [6.45, 7) is 2.25. The molecule has 120 valence electrons. The molecule has 3 heteroatoms. The quantitative estimate of drug-likeness (QED) is 0.565. The summed E-state index contributed by atoms with van der Waals surface area (Å²) >= 11 is 0. The summed E-state index contributed by atoms with van der Waals surface area (Å²) in [6.07, 6.45) is 11.6. The zero-order chi connectivity index (χ0) is 15.8. The van der Waals surface area contributed by atoms with Crippen molar-refractivity contribution in [3.05, 3.63) is 35.5 Å². The highest BCUT2D eigenvalue weighted by molar-refractivity contribution is 5.93. The Bertz CT molecular complexity index is 601. The van der Waals surface area contributed by atoms with Crippen molar-refractivity contribution in [2.45, 2.75) is 64.7 Å². The SMILES string of the molecule is CCCCCCCCCCc1cc2ccc(C(=O)O)cc2[nH]1. The first-order valence-corrected chi connectivity index (χ1v) is 8.55. The highest BCUT2D eigenvalue weighted by Gasteiger charge is 2.06. The minimum atomic E-state index is -0.874. The minimum absolute atomic E-state index is 0.341. The molecule has 22 heavy (non-hydrogen) atoms. The molecule has 0 atom stereocenters. The monoisotopic (exact) mass is 301 g/mol. The Kier molecular flexibility index (Phi) is 6.50. The molecule has 3 nitrogen and oxygen atoms in total. The molecule has 0 bridgehead atoms. The zero-order valence-corrected chi connectivity index (χ0v) is 13.5. The van der Waals surface area contributed by atoms with Gasteiger partial charge in [0.15, 0.2) is 0 Å². The van der Waals surface area contributed by atoms with Crippen LogP contribution < -0.4 is 0 Å². The van der Waals surface area contributed by atoms with Crippen LogP contribution in [0.1, 0.15) is 74.3 Å². The Labute approximate surface area is 132 Å². The van der Waals surface area contributed by atoms with Crippen LogP contribution in [0.25, 0.3) is 10.9 Å². The van der Waals surface area contributed by atoms with Crippen LogP contribution in [0.4, 0.5) is 0 Å². The third-order valence-corrected chi connectivity index (χ3v) is 4.22. The van der Waals surface area contributed by atoms with Crippen molar-refractivity contribution in [3.8, 4) is 0 Å². The lowest BCUT2D eigenvalue weighted by Gasteiger charge is -2.01. The molecule has 0 spiro atoms. The number of carboxylic acid groups (broad SMARTS) is 1. The van der Waals surface area contributed by atoms with Gasteiger partial charge in [0.25, 0.3) is 0 Å². The Morgan fingerprint density at radius 2 is 1.68 bits per heavy atom. The van der Waals surface area contributed by atoms with Gasteiger partial charge in [0, 0.05) is 11.2 Å². The second kappa shape index (κ2) is 8.62. The third kappa shape index (κ3) is 4.90. The number of unbranched alkanes of at least 4 members (excludes halogenated alkanes) is 7. The molecule has 1 aromatic carbocycles. The van der Waals surface area contributed by atoms with E-state index in [1.165, 1.54) is 57.1 Å². The van der Waals surface area contributed by atoms with Gasteiger partial charge in [-0.15, -0.1) is 0 Å². The molecular formula is C19H27NO2. The molecule has 1 aromatic heterocycles. The highest BCUT2D eigenvalue weighted by atomic mass is 16.4. The predicted octanol–water partition coefficient (Wildman–Crippen LogP) is 5.55. The number of hydrogen-bond donors (Lipinski definition) is 2. The van der Waals surface area contributed by atoms with Gasteiger partial charge in [0.1, 0.15) is 0 Å². The molecule has 0 radical (unpaired) electrons. The van der Waals surface area contributed by atoms with Crippen molar-refractivity contribution in [1.29, 1.82) is 0 Å². The molecule has 1 heterocycles. The van der Waals surface area contributed by atoms with Crippen LogP contribution in [0.3, 0.4) is 0 Å². The molecule has 2 rings (SSSR count). The van der Waals surface area contributed by atoms with Gasteiger partial charge in [-0.3, -0.25) is 0 Å². The lowest BCUT2D eigenvalue weighted by Crippen LogP contribution is -1.94. The largest absolute Gasteiger partial charge is 0.478 e. The maximum absolute atomic E-state index is 11.0. The zero-order valence-electron chi connectivity index (χ0n) is 13.5. The Hall–Kier alpha value is -1.77. The van der Waals surface area contributed by atoms with Gasteiger partial charge < -0.3 is 10.1 Å². The summed E-state index contributed by atoms with van der Waals surface area (Å²) < 4.78 is 0. The van der Waals surface area contributed by atoms with E-state index in [1.54, 1.807) is 12.1 Å². The number of fused-ring (bicyclic) bond motifs is 1. The van der Waals surface area contributed by atoms with Crippen LogP contribution in [-0.4, -0.2) is 16.1 Å². The number of aromatic carboxylic acids is 1. The number of aromatic amines is 1. The summed E-state index contributed by atoms with van der Waals surface area (Å²) in [6, 6.07) is 7.40. The average Bonchev–Trinajstić information content (AvgIpc) is 2.91. The molecular weight excluding hydrogens is 274 g/mol. The van der Waals surface area contributed by atoms with Gasteiger partial charge in [-0.2, -0.15) is 0 Å². The standard InChI is InChI=1S/C19H27NO2/c1-2-3-4-5-6-7-8-9-10-17-13-15-11-12-16(19(21)22)14-18(15)20-17/h11-14,20H,2-10H2,1H3,(H,21,22). The summed E-state index contributed by atoms with van der Waals surface area (Å²) in [7, 11) is 0. The fraction of sp³-hybridized carbons (Fsp3) is 0.526. The van der Waals surface area contributed by atoms with Gasteiger partial charge in [0.05, 0.1) is 5.56 Å². The van der Waals surface area contributed by atoms with E-state index >= 15 is 0 Å². The highest BCUT2D eigenvalue weighted by Crippen LogP contribution is 2.19. The minimum Gasteiger partial charge on any atom is -0.478 e. The summed E-state index contributed by atoms with van der Waals surface area (Å²) in [5.74, 6) is -0.874. The molecule has 0 saturated carbocycles. The molecule has 0 saturated heterocycles. The second-order valence-electron chi connectivity index (χ2n) is 6.13. The Morgan fingerprint density at radius 1 is 1.00 bits per heavy atom. The molecule has 0 unspecified atom stereocenters. The smallest absolute Gasteiger partial charge is 0.335 e. The number of aromatic nitrogens is 1. The molecule has 0 aliphatic heterocycles. The number of H-pyrrole nitrogens is 1. The van der Waals surface area contributed by atoms with Crippen molar-refractivity contribution in [3.63, 3.8) is 0 Å². The summed E-state index contributed by atoms with van der Waals surface area (Å²) in [5.41, 5.74) is 2.48. The molecule has 2 N–H and O–H groups in total. The summed E-state index contributed by atoms with van der Waals surface area (Å²) in [5, 5.41) is 10.1. The number of nitrogens with one attached hydrogen (secondary N) is 1. The van der Waals surface area contributed by atoms with E-state index in [4.69, 9.17) is 5.11 Å². The van der Waals surface area contributed by atoms with Gasteiger partial charge >= 0.3 is 5.97 Å². The lowest BCUT2D eigenvalue weighted by molar-refractivity contribution is 0.0697. The van der Waals surface area contributed by atoms with Crippen LogP contribution in [-0.2, 0) is 6.42 Å². The van der Waals surface area contributed by atoms with Crippen LogP contribution in [0.2, 0.25) is 0 Å². The maximum Gasteiger partial charge on any atom is 0.335 e. The van der Waals surface area contributed by atoms with E-state index in [1.807, 2.05) is 6.07 Å². The molecule has 2 aromatic rings. The van der Waals surface area contributed by atoms with Crippen molar-refractivity contribution in [2.24, 2.45) is 0 Å². The number of rotatable bonds is 10. The van der Waals surface area contributed by atoms with E-state index in [9.17, 15) is 4.79 Å². The fourth-order valence-corrected chi connectivity index (χ4v) is 2.90. The molecule has 0 aliphatic carbocycles. The Balaban J connectivity index is 1.74. The normalized spacial score (nSPS) is 11.1. The topological polar surface area (TPSA) is 53.1 Å². The van der Waals surface area contributed by atoms with Crippen molar-refractivity contribution < 1.29 is 9.90 Å². The van der Waals surface area contributed by atoms with E-state index in [-0.39, 0.29) is 0 Å². The molecule has 0 amide bonds. The second-order valence-corrected chi connectivity index (χ2v) is 6.13. The van der Waals surface area contributed by atoms with Crippen LogP contribution in [0.5, 0.6) is 0 Å². The van der Waals surface area contributed by atoms with E-state index < -0.39 is 5.97 Å². The first-order valence-electron chi connectivity index (χ1n) is 8.55. The number of carbonyl (C=O) groups is 1. The van der Waals surface area contributed by atoms with Crippen LogP contribution in [0.15, 0.2) is 24.3 Å². The number of benzene rings is 1. The predicted molar refractivity (Wildman–Crippen MR) is 91.6 cm³/mol. The third-order valence-electron chi connectivity index (χ3n) is 4.22. The van der Waals surface area contributed by atoms with Gasteiger partial charge in [-0.05, 0) is 36.4 Å². The van der Waals surface area contributed by atoms with Crippen molar-refractivity contribution >= 4 is 16.9 Å². The van der Waals surface area contributed by atoms with Gasteiger partial charge in [-0.1, -0.05) is 57.9 Å². The number of aryl methyl sites for hydroxylation is 1. The van der Waals surface area contributed by atoms with Gasteiger partial charge in [0.2, 0.25) is 0 Å². The van der Waals surface area contributed by atoms with Gasteiger partial charge in [-0.25, -0.2) is 4.79 Å². The first-order chi connectivity index (χ1) is 10.7.